The molecule has 0 spiro atoms. The van der Waals surface area contributed by atoms with E-state index in [0.29, 0.717) is 0 Å². The molecule has 0 saturated heterocycles. The normalized spacial score (nSPS) is 13.9. The molecule has 4 heteroatoms. The van der Waals surface area contributed by atoms with Crippen LogP contribution in [0.1, 0.15) is 142 Å². The summed E-state index contributed by atoms with van der Waals surface area (Å²) in [6.07, 6.45) is 24.6. The molecule has 0 heterocycles. The van der Waals surface area contributed by atoms with Crippen LogP contribution in [-0.4, -0.2) is 53.5 Å². The second kappa shape index (κ2) is 19.8. The molecule has 0 rings (SSSR count). The molecular weight excluding hydrogens is 398 g/mol. The average Bonchev–Trinajstić information content (AvgIpc) is 2.70. The van der Waals surface area contributed by atoms with Gasteiger partial charge in [-0.3, -0.25) is 4.79 Å². The summed E-state index contributed by atoms with van der Waals surface area (Å²) in [5.74, 6) is -0.717. The topological polar surface area (TPSA) is 57.5 Å². The molecule has 0 radical (unpaired) electrons. The first kappa shape index (κ1) is 31.4. The molecular formula is C28H58NO3+. The maximum Gasteiger partial charge on any atom is 0.303 e. The molecule has 0 aromatic rings. The number of hydrogen-bond acceptors (Lipinski definition) is 2. The number of aliphatic hydroxyl groups is 1. The molecule has 0 aromatic carbocycles. The van der Waals surface area contributed by atoms with Gasteiger partial charge in [0.25, 0.3) is 0 Å². The van der Waals surface area contributed by atoms with Crippen molar-refractivity contribution in [1.82, 2.24) is 0 Å². The predicted molar refractivity (Wildman–Crippen MR) is 138 cm³/mol. The maximum absolute atomic E-state index is 10.8. The smallest absolute Gasteiger partial charge is 0.303 e. The molecule has 4 nitrogen and oxygen atoms in total. The van der Waals surface area contributed by atoms with Gasteiger partial charge in [0.1, 0.15) is 12.1 Å². The second-order valence-corrected chi connectivity index (χ2v) is 11.2. The van der Waals surface area contributed by atoms with Crippen LogP contribution in [0.3, 0.4) is 0 Å². The number of aliphatic carboxylic acids is 1. The van der Waals surface area contributed by atoms with Crippen LogP contribution in [0.4, 0.5) is 0 Å². The van der Waals surface area contributed by atoms with Crippen molar-refractivity contribution in [2.45, 2.75) is 148 Å². The summed E-state index contributed by atoms with van der Waals surface area (Å²) >= 11 is 0. The molecule has 0 aromatic heterocycles. The zero-order valence-corrected chi connectivity index (χ0v) is 22.3. The van der Waals surface area contributed by atoms with Gasteiger partial charge in [-0.2, -0.15) is 0 Å². The fraction of sp³-hybridized carbons (Fsp3) is 0.964. The van der Waals surface area contributed by atoms with Crippen LogP contribution in [0.15, 0.2) is 0 Å². The van der Waals surface area contributed by atoms with Crippen LogP contribution in [0, 0.1) is 0 Å². The first-order valence-electron chi connectivity index (χ1n) is 13.9. The van der Waals surface area contributed by atoms with Gasteiger partial charge in [-0.05, 0) is 26.2 Å². The van der Waals surface area contributed by atoms with Gasteiger partial charge in [-0.15, -0.1) is 0 Å². The molecule has 0 fully saturated rings. The van der Waals surface area contributed by atoms with E-state index in [1.807, 2.05) is 6.92 Å². The zero-order valence-electron chi connectivity index (χ0n) is 22.3. The highest BCUT2D eigenvalue weighted by Crippen LogP contribution is 2.20. The molecule has 0 aliphatic carbocycles. The fourth-order valence-corrected chi connectivity index (χ4v) is 4.95. The molecule has 32 heavy (non-hydrogen) atoms. The summed E-state index contributed by atoms with van der Waals surface area (Å²) in [7, 11) is 4.28. The van der Waals surface area contributed by atoms with E-state index in [2.05, 4.69) is 21.0 Å². The fourth-order valence-electron chi connectivity index (χ4n) is 4.95. The van der Waals surface area contributed by atoms with Gasteiger partial charge in [0, 0.05) is 6.42 Å². The van der Waals surface area contributed by atoms with Gasteiger partial charge >= 0.3 is 5.97 Å². The third kappa shape index (κ3) is 22.6. The lowest BCUT2D eigenvalue weighted by molar-refractivity contribution is -0.896. The van der Waals surface area contributed by atoms with Crippen molar-refractivity contribution in [1.29, 1.82) is 0 Å². The van der Waals surface area contributed by atoms with E-state index in [9.17, 15) is 9.90 Å². The number of carboxylic acid groups (broad SMARTS) is 1. The highest BCUT2D eigenvalue weighted by molar-refractivity contribution is 5.66. The van der Waals surface area contributed by atoms with Gasteiger partial charge in [-0.25, -0.2) is 0 Å². The Morgan fingerprint density at radius 3 is 1.50 bits per heavy atom. The number of quaternary nitrogens is 1. The van der Waals surface area contributed by atoms with E-state index >= 15 is 0 Å². The summed E-state index contributed by atoms with van der Waals surface area (Å²) in [6, 6.07) is 0. The minimum absolute atomic E-state index is 0.246. The number of carbonyl (C=O) groups is 1. The maximum atomic E-state index is 10.8. The van der Waals surface area contributed by atoms with Crippen LogP contribution in [-0.2, 0) is 4.79 Å². The van der Waals surface area contributed by atoms with Crippen molar-refractivity contribution in [2.24, 2.45) is 0 Å². The second-order valence-electron chi connectivity index (χ2n) is 11.2. The number of carboxylic acids is 1. The highest BCUT2D eigenvalue weighted by atomic mass is 16.4. The van der Waals surface area contributed by atoms with Crippen molar-refractivity contribution in [3.05, 3.63) is 0 Å². The number of unbranched alkanes of at least 4 members (excludes halogenated alkanes) is 16. The van der Waals surface area contributed by atoms with Crippen LogP contribution in [0.2, 0.25) is 0 Å². The summed E-state index contributed by atoms with van der Waals surface area (Å²) in [4.78, 5) is 10.6. The molecule has 192 valence electrons. The average molecular weight is 457 g/mol. The number of rotatable bonds is 24. The van der Waals surface area contributed by atoms with Crippen molar-refractivity contribution in [2.75, 3.05) is 27.2 Å². The SMILES string of the molecule is CCCCCCCCCCCCCCCCCCC(C)(O)C[N+](C)(C)CCCCC(=O)O. The number of hydrogen-bond donors (Lipinski definition) is 2. The van der Waals surface area contributed by atoms with Gasteiger partial charge in [0.15, 0.2) is 0 Å². The monoisotopic (exact) mass is 456 g/mol. The number of nitrogens with zero attached hydrogens (tertiary/aromatic N) is 1. The van der Waals surface area contributed by atoms with Crippen molar-refractivity contribution in [3.63, 3.8) is 0 Å². The third-order valence-electron chi connectivity index (χ3n) is 6.74. The zero-order chi connectivity index (χ0) is 24.1. The van der Waals surface area contributed by atoms with Crippen molar-refractivity contribution >= 4 is 5.97 Å². The van der Waals surface area contributed by atoms with Crippen molar-refractivity contribution in [3.8, 4) is 0 Å². The largest absolute Gasteiger partial charge is 0.481 e. The summed E-state index contributed by atoms with van der Waals surface area (Å²) < 4.78 is 0.755. The lowest BCUT2D eigenvalue weighted by Gasteiger charge is -2.36. The molecule has 0 aliphatic heterocycles. The molecule has 0 aliphatic rings. The van der Waals surface area contributed by atoms with E-state index in [0.717, 1.165) is 43.3 Å². The highest BCUT2D eigenvalue weighted by Gasteiger charge is 2.29. The van der Waals surface area contributed by atoms with E-state index in [-0.39, 0.29) is 6.42 Å². The Morgan fingerprint density at radius 1 is 0.688 bits per heavy atom. The lowest BCUT2D eigenvalue weighted by Crippen LogP contribution is -2.51. The van der Waals surface area contributed by atoms with Gasteiger partial charge in [-0.1, -0.05) is 110 Å². The predicted octanol–water partition coefficient (Wildman–Crippen LogP) is 7.72. The molecule has 0 bridgehead atoms. The summed E-state index contributed by atoms with van der Waals surface area (Å²) in [5, 5.41) is 19.6. The molecule has 2 N–H and O–H groups in total. The van der Waals surface area contributed by atoms with Crippen LogP contribution >= 0.6 is 0 Å². The number of likely N-dealkylation sites (N-methyl/N-ethyl adjacent to an activating group) is 1. The Labute approximate surface area is 200 Å². The van der Waals surface area contributed by atoms with Crippen LogP contribution < -0.4 is 0 Å². The third-order valence-corrected chi connectivity index (χ3v) is 6.74. The van der Waals surface area contributed by atoms with Gasteiger partial charge in [0.05, 0.1) is 20.6 Å². The molecule has 0 amide bonds. The van der Waals surface area contributed by atoms with E-state index in [1.54, 1.807) is 0 Å². The molecule has 1 unspecified atom stereocenters. The lowest BCUT2D eigenvalue weighted by atomic mass is 9.96. The Hall–Kier alpha value is -0.610. The Kier molecular flexibility index (Phi) is 19.4. The van der Waals surface area contributed by atoms with Crippen LogP contribution in [0.5, 0.6) is 0 Å². The first-order chi connectivity index (χ1) is 15.2. The van der Waals surface area contributed by atoms with E-state index < -0.39 is 11.6 Å². The van der Waals surface area contributed by atoms with Crippen LogP contribution in [0.25, 0.3) is 0 Å². The Morgan fingerprint density at radius 2 is 1.09 bits per heavy atom. The van der Waals surface area contributed by atoms with Crippen molar-refractivity contribution < 1.29 is 19.5 Å². The van der Waals surface area contributed by atoms with Gasteiger partial charge < -0.3 is 14.7 Å². The van der Waals surface area contributed by atoms with Gasteiger partial charge in [0.2, 0.25) is 0 Å². The minimum Gasteiger partial charge on any atom is -0.481 e. The quantitative estimate of drug-likeness (QED) is 0.115. The Balaban J connectivity index is 3.53. The minimum atomic E-state index is -0.717. The summed E-state index contributed by atoms with van der Waals surface area (Å²) in [6.45, 7) is 5.90. The van der Waals surface area contributed by atoms with E-state index in [1.165, 1.54) is 96.3 Å². The molecule has 1 atom stereocenters. The summed E-state index contributed by atoms with van der Waals surface area (Å²) in [5.41, 5.74) is -0.633. The molecule has 0 saturated carbocycles. The first-order valence-corrected chi connectivity index (χ1v) is 13.9. The Bertz CT molecular complexity index is 434. The standard InChI is InChI=1S/C28H57NO3/c1-5-6-7-8-9-10-11-12-13-14-15-16-17-18-19-21-24-28(2,32)26-29(3,4)25-22-20-23-27(30)31/h32H,5-26H2,1-4H3/p+1. The van der Waals surface area contributed by atoms with E-state index in [4.69, 9.17) is 5.11 Å².